The molecule has 19 heavy (non-hydrogen) atoms. The Bertz CT molecular complexity index is 385. The number of rotatable bonds is 3. The fourth-order valence-corrected chi connectivity index (χ4v) is 4.15. The van der Waals surface area contributed by atoms with Gasteiger partial charge < -0.3 is 15.7 Å². The largest absolute Gasteiger partial charge is 0.481 e. The minimum absolute atomic E-state index is 0.0275. The van der Waals surface area contributed by atoms with E-state index < -0.39 is 5.97 Å². The quantitative estimate of drug-likeness (QED) is 0.728. The first-order chi connectivity index (χ1) is 9.11. The van der Waals surface area contributed by atoms with Crippen LogP contribution in [0.4, 0.5) is 4.79 Å². The van der Waals surface area contributed by atoms with Crippen LogP contribution in [0, 0.1) is 17.8 Å². The van der Waals surface area contributed by atoms with Crippen LogP contribution >= 0.6 is 0 Å². The Balaban J connectivity index is 1.43. The maximum atomic E-state index is 11.9. The van der Waals surface area contributed by atoms with Gasteiger partial charge in [0.15, 0.2) is 0 Å². The van der Waals surface area contributed by atoms with E-state index in [0.29, 0.717) is 24.8 Å². The fraction of sp³-hybridized carbons (Fsp3) is 0.857. The van der Waals surface area contributed by atoms with E-state index in [1.165, 1.54) is 19.3 Å². The van der Waals surface area contributed by atoms with Gasteiger partial charge in [-0.05, 0) is 50.4 Å². The summed E-state index contributed by atoms with van der Waals surface area (Å²) in [6, 6.07) is 0.267. The van der Waals surface area contributed by atoms with Crippen LogP contribution in [-0.2, 0) is 4.79 Å². The normalized spacial score (nSPS) is 40.3. The SMILES string of the molecule is O=C(NC1CCC(C(=O)O)C1)NC1CC2CCC1C2. The molecule has 0 aromatic heterocycles. The van der Waals surface area contributed by atoms with Crippen LogP contribution in [0.5, 0.6) is 0 Å². The summed E-state index contributed by atoms with van der Waals surface area (Å²) in [5.41, 5.74) is 0. The third-order valence-corrected chi connectivity index (χ3v) is 5.17. The lowest BCUT2D eigenvalue weighted by Gasteiger charge is -2.24. The molecule has 3 N–H and O–H groups in total. The van der Waals surface area contributed by atoms with E-state index in [1.54, 1.807) is 0 Å². The van der Waals surface area contributed by atoms with Gasteiger partial charge in [0.1, 0.15) is 0 Å². The first-order valence-electron chi connectivity index (χ1n) is 7.41. The molecule has 5 nitrogen and oxygen atoms in total. The molecular weight excluding hydrogens is 244 g/mol. The van der Waals surface area contributed by atoms with Gasteiger partial charge in [0, 0.05) is 12.1 Å². The second-order valence-corrected chi connectivity index (χ2v) is 6.44. The van der Waals surface area contributed by atoms with Crippen molar-refractivity contribution in [2.45, 2.75) is 57.0 Å². The second kappa shape index (κ2) is 5.02. The molecule has 2 bridgehead atoms. The Hall–Kier alpha value is -1.26. The highest BCUT2D eigenvalue weighted by Gasteiger charge is 2.40. The van der Waals surface area contributed by atoms with Crippen LogP contribution in [0.2, 0.25) is 0 Å². The van der Waals surface area contributed by atoms with Crippen LogP contribution < -0.4 is 10.6 Å². The van der Waals surface area contributed by atoms with Crippen molar-refractivity contribution in [2.24, 2.45) is 17.8 Å². The Labute approximate surface area is 113 Å². The van der Waals surface area contributed by atoms with Gasteiger partial charge in [0.05, 0.1) is 5.92 Å². The predicted octanol–water partition coefficient (Wildman–Crippen LogP) is 1.73. The molecule has 0 aromatic rings. The number of carbonyl (C=O) groups excluding carboxylic acids is 1. The molecule has 5 heteroatoms. The molecule has 0 radical (unpaired) electrons. The van der Waals surface area contributed by atoms with Gasteiger partial charge in [-0.25, -0.2) is 4.79 Å². The average Bonchev–Trinajstić information content (AvgIpc) is 3.03. The Morgan fingerprint density at radius 2 is 1.79 bits per heavy atom. The molecule has 106 valence electrons. The van der Waals surface area contributed by atoms with Gasteiger partial charge in [0.25, 0.3) is 0 Å². The van der Waals surface area contributed by atoms with Gasteiger partial charge in [-0.2, -0.15) is 0 Å². The number of nitrogens with one attached hydrogen (secondary N) is 2. The van der Waals surface area contributed by atoms with Gasteiger partial charge in [-0.1, -0.05) is 6.42 Å². The molecule has 0 aliphatic heterocycles. The summed E-state index contributed by atoms with van der Waals surface area (Å²) in [6.45, 7) is 0. The lowest BCUT2D eigenvalue weighted by atomic mass is 9.95. The van der Waals surface area contributed by atoms with E-state index in [1.807, 2.05) is 0 Å². The first-order valence-corrected chi connectivity index (χ1v) is 7.41. The van der Waals surface area contributed by atoms with Gasteiger partial charge in [-0.3, -0.25) is 4.79 Å². The van der Waals surface area contributed by atoms with Crippen molar-refractivity contribution in [3.05, 3.63) is 0 Å². The smallest absolute Gasteiger partial charge is 0.315 e. The summed E-state index contributed by atoms with van der Waals surface area (Å²) < 4.78 is 0. The van der Waals surface area contributed by atoms with E-state index >= 15 is 0 Å². The molecule has 3 saturated carbocycles. The van der Waals surface area contributed by atoms with Crippen molar-refractivity contribution >= 4 is 12.0 Å². The van der Waals surface area contributed by atoms with Gasteiger partial charge in [-0.15, -0.1) is 0 Å². The highest BCUT2D eigenvalue weighted by molar-refractivity contribution is 5.75. The van der Waals surface area contributed by atoms with E-state index in [2.05, 4.69) is 10.6 Å². The summed E-state index contributed by atoms with van der Waals surface area (Å²) in [5.74, 6) is 0.467. The lowest BCUT2D eigenvalue weighted by Crippen LogP contribution is -2.47. The Morgan fingerprint density at radius 1 is 0.947 bits per heavy atom. The Morgan fingerprint density at radius 3 is 2.37 bits per heavy atom. The summed E-state index contributed by atoms with van der Waals surface area (Å²) >= 11 is 0. The molecule has 5 atom stereocenters. The molecular formula is C14H22N2O3. The summed E-state index contributed by atoms with van der Waals surface area (Å²) in [5, 5.41) is 15.0. The third kappa shape index (κ3) is 2.69. The summed E-state index contributed by atoms with van der Waals surface area (Å²) in [7, 11) is 0. The number of urea groups is 1. The number of carboxylic acids is 1. The molecule has 2 amide bonds. The van der Waals surface area contributed by atoms with Crippen molar-refractivity contribution in [3.63, 3.8) is 0 Å². The standard InChI is InChI=1S/C14H22N2O3/c17-13(18)10-3-4-11(7-10)15-14(19)16-12-6-8-1-2-9(12)5-8/h8-12H,1-7H2,(H,17,18)(H2,15,16,19). The van der Waals surface area contributed by atoms with E-state index in [4.69, 9.17) is 5.11 Å². The van der Waals surface area contributed by atoms with Crippen LogP contribution in [0.15, 0.2) is 0 Å². The van der Waals surface area contributed by atoms with E-state index in [-0.39, 0.29) is 18.0 Å². The van der Waals surface area contributed by atoms with Crippen molar-refractivity contribution in [1.82, 2.24) is 10.6 Å². The molecule has 3 aliphatic rings. The van der Waals surface area contributed by atoms with Crippen molar-refractivity contribution in [2.75, 3.05) is 0 Å². The van der Waals surface area contributed by atoms with Crippen molar-refractivity contribution < 1.29 is 14.7 Å². The zero-order valence-electron chi connectivity index (χ0n) is 11.1. The van der Waals surface area contributed by atoms with E-state index in [0.717, 1.165) is 18.8 Å². The molecule has 0 spiro atoms. The molecule has 0 heterocycles. The maximum absolute atomic E-state index is 11.9. The topological polar surface area (TPSA) is 78.4 Å². The number of amides is 2. The van der Waals surface area contributed by atoms with Crippen LogP contribution in [0.3, 0.4) is 0 Å². The first kappa shape index (κ1) is 12.8. The van der Waals surface area contributed by atoms with Crippen molar-refractivity contribution in [1.29, 1.82) is 0 Å². The molecule has 3 aliphatic carbocycles. The number of hydrogen-bond donors (Lipinski definition) is 3. The van der Waals surface area contributed by atoms with Crippen molar-refractivity contribution in [3.8, 4) is 0 Å². The Kier molecular flexibility index (Phi) is 3.37. The highest BCUT2D eigenvalue weighted by Crippen LogP contribution is 2.44. The number of hydrogen-bond acceptors (Lipinski definition) is 2. The number of aliphatic carboxylic acids is 1. The molecule has 3 rings (SSSR count). The zero-order chi connectivity index (χ0) is 13.4. The molecule has 0 saturated heterocycles. The predicted molar refractivity (Wildman–Crippen MR) is 69.7 cm³/mol. The molecule has 5 unspecified atom stereocenters. The number of carbonyl (C=O) groups is 2. The lowest BCUT2D eigenvalue weighted by molar-refractivity contribution is -0.141. The van der Waals surface area contributed by atoms with Gasteiger partial charge >= 0.3 is 12.0 Å². The van der Waals surface area contributed by atoms with Crippen LogP contribution in [-0.4, -0.2) is 29.2 Å². The van der Waals surface area contributed by atoms with Crippen LogP contribution in [0.25, 0.3) is 0 Å². The van der Waals surface area contributed by atoms with Gasteiger partial charge in [0.2, 0.25) is 0 Å². The minimum Gasteiger partial charge on any atom is -0.481 e. The average molecular weight is 266 g/mol. The molecule has 0 aromatic carbocycles. The second-order valence-electron chi connectivity index (χ2n) is 6.44. The zero-order valence-corrected chi connectivity index (χ0v) is 11.1. The monoisotopic (exact) mass is 266 g/mol. The number of carboxylic acid groups (broad SMARTS) is 1. The summed E-state index contributed by atoms with van der Waals surface area (Å²) in [6.07, 6.45) is 7.00. The third-order valence-electron chi connectivity index (χ3n) is 5.17. The van der Waals surface area contributed by atoms with E-state index in [9.17, 15) is 9.59 Å². The highest BCUT2D eigenvalue weighted by atomic mass is 16.4. The van der Waals surface area contributed by atoms with Crippen LogP contribution in [0.1, 0.15) is 44.9 Å². The summed E-state index contributed by atoms with van der Waals surface area (Å²) in [4.78, 5) is 22.8. The number of fused-ring (bicyclic) bond motifs is 2. The maximum Gasteiger partial charge on any atom is 0.315 e. The molecule has 3 fully saturated rings. The minimum atomic E-state index is -0.738. The fourth-order valence-electron chi connectivity index (χ4n) is 4.15.